The Balaban J connectivity index is 3.90. The van der Waals surface area contributed by atoms with Crippen molar-refractivity contribution in [2.75, 3.05) is 0 Å². The molecular formula is C22H34O5. The van der Waals surface area contributed by atoms with Gasteiger partial charge in [0.1, 0.15) is 6.10 Å². The lowest BCUT2D eigenvalue weighted by molar-refractivity contribution is -0.267. The number of hydrogen-bond donors (Lipinski definition) is 3. The molecule has 0 saturated carbocycles. The predicted octanol–water partition coefficient (Wildman–Crippen LogP) is 5.21. The van der Waals surface area contributed by atoms with Crippen LogP contribution in [0.15, 0.2) is 60.8 Å². The van der Waals surface area contributed by atoms with Gasteiger partial charge in [-0.2, -0.15) is 0 Å². The van der Waals surface area contributed by atoms with Gasteiger partial charge in [-0.3, -0.25) is 10.1 Å². The Morgan fingerprint density at radius 1 is 0.963 bits per heavy atom. The molecule has 0 amide bonds. The first-order valence-electron chi connectivity index (χ1n) is 9.61. The highest BCUT2D eigenvalue weighted by Crippen LogP contribution is 2.09. The van der Waals surface area contributed by atoms with Crippen LogP contribution < -0.4 is 0 Å². The number of carboxylic acids is 1. The minimum absolute atomic E-state index is 0.181. The highest BCUT2D eigenvalue weighted by atomic mass is 17.1. The fourth-order valence-electron chi connectivity index (χ4n) is 2.24. The Labute approximate surface area is 163 Å². The van der Waals surface area contributed by atoms with Crippen LogP contribution in [0.4, 0.5) is 0 Å². The molecule has 0 aromatic carbocycles. The summed E-state index contributed by atoms with van der Waals surface area (Å²) in [5, 5.41) is 27.1. The van der Waals surface area contributed by atoms with E-state index in [4.69, 9.17) is 10.4 Å². The molecule has 5 heteroatoms. The molecule has 2 atom stereocenters. The van der Waals surface area contributed by atoms with E-state index in [-0.39, 0.29) is 12.5 Å². The van der Waals surface area contributed by atoms with Crippen molar-refractivity contribution in [2.45, 2.75) is 70.5 Å². The van der Waals surface area contributed by atoms with E-state index in [2.05, 4.69) is 11.8 Å². The third-order valence-electron chi connectivity index (χ3n) is 3.72. The van der Waals surface area contributed by atoms with E-state index in [0.717, 1.165) is 25.7 Å². The molecule has 152 valence electrons. The average Bonchev–Trinajstić information content (AvgIpc) is 2.64. The van der Waals surface area contributed by atoms with Crippen molar-refractivity contribution in [2.24, 2.45) is 0 Å². The van der Waals surface area contributed by atoms with E-state index in [9.17, 15) is 9.90 Å². The quantitative estimate of drug-likeness (QED) is 0.113. The molecule has 0 aromatic rings. The number of unbranched alkanes of at least 4 members (excludes halogenated alkanes) is 2. The zero-order valence-corrected chi connectivity index (χ0v) is 16.2. The zero-order chi connectivity index (χ0) is 20.2. The highest BCUT2D eigenvalue weighted by Gasteiger charge is 2.04. The number of aliphatic carboxylic acids is 1. The van der Waals surface area contributed by atoms with Crippen molar-refractivity contribution in [1.29, 1.82) is 0 Å². The number of carbonyl (C=O) groups is 1. The van der Waals surface area contributed by atoms with Gasteiger partial charge in [-0.25, -0.2) is 4.89 Å². The summed E-state index contributed by atoms with van der Waals surface area (Å²) >= 11 is 0. The number of rotatable bonds is 16. The van der Waals surface area contributed by atoms with Crippen molar-refractivity contribution in [1.82, 2.24) is 0 Å². The first kappa shape index (κ1) is 25.1. The highest BCUT2D eigenvalue weighted by molar-refractivity contribution is 5.66. The largest absolute Gasteiger partial charge is 0.481 e. The maximum atomic E-state index is 10.4. The molecule has 27 heavy (non-hydrogen) atoms. The summed E-state index contributed by atoms with van der Waals surface area (Å²) in [5.41, 5.74) is 0. The van der Waals surface area contributed by atoms with Crippen LogP contribution in [0.5, 0.6) is 0 Å². The van der Waals surface area contributed by atoms with Gasteiger partial charge in [-0.15, -0.1) is 0 Å². The maximum Gasteiger partial charge on any atom is 0.303 e. The van der Waals surface area contributed by atoms with Crippen LogP contribution in [0, 0.1) is 0 Å². The fraction of sp³-hybridized carbons (Fsp3) is 0.500. The van der Waals surface area contributed by atoms with Gasteiger partial charge in [0.2, 0.25) is 0 Å². The van der Waals surface area contributed by atoms with Crippen molar-refractivity contribution >= 4 is 5.97 Å². The summed E-state index contributed by atoms with van der Waals surface area (Å²) < 4.78 is 0. The molecule has 0 aliphatic heterocycles. The van der Waals surface area contributed by atoms with Gasteiger partial charge in [0.25, 0.3) is 0 Å². The molecule has 5 nitrogen and oxygen atoms in total. The standard InChI is InChI=1S/C22H34O5/c1-2-3-10-15-20(23)16-11-7-5-4-6-8-12-17-21(27-26)18-13-9-14-19-22(24)25/h3,5-8,10-12,16-17,20-21,23,26H,2,4,9,13-15,18-19H2,1H3,(H,24,25)/t20-,21+/m1/s1. The van der Waals surface area contributed by atoms with Crippen LogP contribution in [0.2, 0.25) is 0 Å². The summed E-state index contributed by atoms with van der Waals surface area (Å²) in [5.74, 6) is -0.778. The van der Waals surface area contributed by atoms with Crippen LogP contribution in [0.25, 0.3) is 0 Å². The Bertz CT molecular complexity index is 503. The Hall–Kier alpha value is -1.95. The van der Waals surface area contributed by atoms with Crippen LogP contribution in [-0.4, -0.2) is 33.6 Å². The SMILES string of the molecule is CCC=CC[C@@H](O)C=CC=CCC=CC=C[C@@H](CCCCCC(=O)O)OO. The summed E-state index contributed by atoms with van der Waals surface area (Å²) in [4.78, 5) is 14.8. The minimum atomic E-state index is -0.778. The second-order valence-corrected chi connectivity index (χ2v) is 6.18. The second kappa shape index (κ2) is 18.8. The number of aliphatic hydroxyl groups is 1. The van der Waals surface area contributed by atoms with Crippen molar-refractivity contribution < 1.29 is 25.2 Å². The number of carboxylic acid groups (broad SMARTS) is 1. The van der Waals surface area contributed by atoms with E-state index in [1.165, 1.54) is 0 Å². The summed E-state index contributed by atoms with van der Waals surface area (Å²) in [7, 11) is 0. The molecular weight excluding hydrogens is 344 g/mol. The van der Waals surface area contributed by atoms with Crippen molar-refractivity contribution in [3.63, 3.8) is 0 Å². The van der Waals surface area contributed by atoms with Gasteiger partial charge in [0.05, 0.1) is 6.10 Å². The lowest BCUT2D eigenvalue weighted by atomic mass is 10.1. The van der Waals surface area contributed by atoms with Crippen LogP contribution >= 0.6 is 0 Å². The average molecular weight is 379 g/mol. The van der Waals surface area contributed by atoms with Gasteiger partial charge < -0.3 is 10.2 Å². The molecule has 0 heterocycles. The topological polar surface area (TPSA) is 87.0 Å². The van der Waals surface area contributed by atoms with E-state index in [0.29, 0.717) is 19.3 Å². The normalized spacial score (nSPS) is 15.1. The molecule has 0 aliphatic rings. The molecule has 0 unspecified atom stereocenters. The van der Waals surface area contributed by atoms with Crippen LogP contribution in [-0.2, 0) is 9.68 Å². The van der Waals surface area contributed by atoms with E-state index < -0.39 is 12.1 Å². The Morgan fingerprint density at radius 2 is 1.67 bits per heavy atom. The van der Waals surface area contributed by atoms with Crippen LogP contribution in [0.1, 0.15) is 58.3 Å². The first-order valence-corrected chi connectivity index (χ1v) is 9.61. The smallest absolute Gasteiger partial charge is 0.303 e. The van der Waals surface area contributed by atoms with Crippen molar-refractivity contribution in [3.05, 3.63) is 60.8 Å². The molecule has 3 N–H and O–H groups in total. The maximum absolute atomic E-state index is 10.4. The lowest BCUT2D eigenvalue weighted by Gasteiger charge is -2.07. The Morgan fingerprint density at radius 3 is 2.30 bits per heavy atom. The number of aliphatic hydroxyl groups excluding tert-OH is 1. The monoisotopic (exact) mass is 378 g/mol. The summed E-state index contributed by atoms with van der Waals surface area (Å²) in [6, 6.07) is 0. The van der Waals surface area contributed by atoms with Crippen molar-refractivity contribution in [3.8, 4) is 0 Å². The third kappa shape index (κ3) is 18.6. The summed E-state index contributed by atoms with van der Waals surface area (Å²) in [6.07, 6.45) is 23.6. The van der Waals surface area contributed by atoms with Gasteiger partial charge in [0, 0.05) is 6.42 Å². The minimum Gasteiger partial charge on any atom is -0.481 e. The zero-order valence-electron chi connectivity index (χ0n) is 16.2. The Kier molecular flexibility index (Phi) is 17.5. The fourth-order valence-corrected chi connectivity index (χ4v) is 2.24. The molecule has 0 spiro atoms. The van der Waals surface area contributed by atoms with Crippen LogP contribution in [0.3, 0.4) is 0 Å². The lowest BCUT2D eigenvalue weighted by Crippen LogP contribution is -2.06. The molecule has 0 aliphatic carbocycles. The second-order valence-electron chi connectivity index (χ2n) is 6.18. The predicted molar refractivity (Wildman–Crippen MR) is 109 cm³/mol. The first-order chi connectivity index (χ1) is 13.1. The van der Waals surface area contributed by atoms with E-state index in [1.807, 2.05) is 48.6 Å². The third-order valence-corrected chi connectivity index (χ3v) is 3.72. The van der Waals surface area contributed by atoms with E-state index in [1.54, 1.807) is 12.2 Å². The molecule has 0 saturated heterocycles. The molecule has 0 bridgehead atoms. The van der Waals surface area contributed by atoms with Gasteiger partial charge in [-0.1, -0.05) is 80.5 Å². The van der Waals surface area contributed by atoms with Gasteiger partial charge >= 0.3 is 5.97 Å². The van der Waals surface area contributed by atoms with Gasteiger partial charge in [0.15, 0.2) is 0 Å². The molecule has 0 rings (SSSR count). The molecule has 0 radical (unpaired) electrons. The molecule has 0 fully saturated rings. The van der Waals surface area contributed by atoms with E-state index >= 15 is 0 Å². The summed E-state index contributed by atoms with van der Waals surface area (Å²) in [6.45, 7) is 2.06. The number of hydrogen-bond acceptors (Lipinski definition) is 4. The number of allylic oxidation sites excluding steroid dienone is 7. The van der Waals surface area contributed by atoms with Gasteiger partial charge in [-0.05, 0) is 32.1 Å². The molecule has 0 aromatic heterocycles.